The van der Waals surface area contributed by atoms with Gasteiger partial charge in [0.1, 0.15) is 12.3 Å². The molecule has 0 amide bonds. The molecule has 1 aliphatic rings. The van der Waals surface area contributed by atoms with E-state index in [1.54, 1.807) is 13.8 Å². The maximum Gasteiger partial charge on any atom is 0.251 e. The number of hydrogen-bond acceptors (Lipinski definition) is 5. The summed E-state index contributed by atoms with van der Waals surface area (Å²) >= 11 is 0. The number of nitrogens with zero attached hydrogens (tertiary/aromatic N) is 3. The highest BCUT2D eigenvalue weighted by molar-refractivity contribution is 7.89. The van der Waals surface area contributed by atoms with E-state index in [0.29, 0.717) is 19.0 Å². The van der Waals surface area contributed by atoms with Crippen LogP contribution in [0.1, 0.15) is 44.0 Å². The van der Waals surface area contributed by atoms with Crippen LogP contribution in [0.15, 0.2) is 32.4 Å². The normalized spacial score (nSPS) is 14.7. The van der Waals surface area contributed by atoms with Gasteiger partial charge in [0.05, 0.1) is 10.6 Å². The number of sulfonamides is 1. The lowest BCUT2D eigenvalue weighted by molar-refractivity contribution is 0.425. The lowest BCUT2D eigenvalue weighted by Gasteiger charge is -2.18. The van der Waals surface area contributed by atoms with Crippen molar-refractivity contribution in [3.05, 3.63) is 46.0 Å². The number of pyridine rings is 1. The van der Waals surface area contributed by atoms with Gasteiger partial charge in [0, 0.05) is 31.8 Å². The topological polar surface area (TPSA) is 85.4 Å². The molecule has 0 saturated carbocycles. The zero-order valence-corrected chi connectivity index (χ0v) is 15.4. The summed E-state index contributed by atoms with van der Waals surface area (Å²) in [6, 6.07) is 2.63. The fourth-order valence-corrected chi connectivity index (χ4v) is 4.60. The molecule has 0 aromatic carbocycles. The number of aromatic nitrogens is 2. The molecule has 0 bridgehead atoms. The molecule has 25 heavy (non-hydrogen) atoms. The molecule has 2 heterocycles. The van der Waals surface area contributed by atoms with Gasteiger partial charge >= 0.3 is 0 Å². The minimum Gasteiger partial charge on any atom is -0.443 e. The maximum absolute atomic E-state index is 12.6. The van der Waals surface area contributed by atoms with Gasteiger partial charge in [-0.3, -0.25) is 4.79 Å². The van der Waals surface area contributed by atoms with E-state index in [4.69, 9.17) is 4.42 Å². The van der Waals surface area contributed by atoms with Crippen molar-refractivity contribution in [1.29, 1.82) is 0 Å². The van der Waals surface area contributed by atoms with Crippen LogP contribution < -0.4 is 5.56 Å². The quantitative estimate of drug-likeness (QED) is 0.779. The van der Waals surface area contributed by atoms with E-state index in [9.17, 15) is 13.2 Å². The van der Waals surface area contributed by atoms with Gasteiger partial charge in [-0.1, -0.05) is 13.8 Å². The number of oxazole rings is 1. The standard InChI is InChI=1S/C17H23N3O4S/c1-3-20(4-2)25(22,23)13-9-10-17(21)19(11-13)12-16-18-14-7-5-6-8-15(14)24-16/h9-11H,3-8,12H2,1-2H3. The monoisotopic (exact) mass is 365 g/mol. The molecule has 7 nitrogen and oxygen atoms in total. The molecule has 0 radical (unpaired) electrons. The van der Waals surface area contributed by atoms with Crippen molar-refractivity contribution in [2.75, 3.05) is 13.1 Å². The summed E-state index contributed by atoms with van der Waals surface area (Å²) in [6.07, 6.45) is 5.31. The number of hydrogen-bond donors (Lipinski definition) is 0. The van der Waals surface area contributed by atoms with Gasteiger partial charge in [-0.2, -0.15) is 4.31 Å². The summed E-state index contributed by atoms with van der Waals surface area (Å²) in [4.78, 5) is 16.7. The number of rotatable bonds is 6. The van der Waals surface area contributed by atoms with Gasteiger partial charge < -0.3 is 8.98 Å². The molecule has 0 saturated heterocycles. The molecule has 3 rings (SSSR count). The molecule has 2 aromatic rings. The zero-order valence-electron chi connectivity index (χ0n) is 14.6. The van der Waals surface area contributed by atoms with Gasteiger partial charge in [0.2, 0.25) is 15.9 Å². The number of aryl methyl sites for hydroxylation is 2. The summed E-state index contributed by atoms with van der Waals surface area (Å²) in [5.74, 6) is 1.34. The first-order chi connectivity index (χ1) is 12.0. The van der Waals surface area contributed by atoms with Crippen molar-refractivity contribution in [2.24, 2.45) is 0 Å². The second kappa shape index (κ2) is 7.13. The Morgan fingerprint density at radius 3 is 2.60 bits per heavy atom. The van der Waals surface area contributed by atoms with Crippen LogP contribution in [0.3, 0.4) is 0 Å². The summed E-state index contributed by atoms with van der Waals surface area (Å²) in [5, 5.41) is 0. The third-order valence-corrected chi connectivity index (χ3v) is 6.53. The Morgan fingerprint density at radius 1 is 1.20 bits per heavy atom. The van der Waals surface area contributed by atoms with E-state index in [1.807, 2.05) is 0 Å². The third-order valence-electron chi connectivity index (χ3n) is 4.50. The first-order valence-corrected chi connectivity index (χ1v) is 10.1. The fraction of sp³-hybridized carbons (Fsp3) is 0.529. The molecule has 0 fully saturated rings. The van der Waals surface area contributed by atoms with Crippen LogP contribution in [0.5, 0.6) is 0 Å². The lowest BCUT2D eigenvalue weighted by Crippen LogP contribution is -2.32. The molecule has 136 valence electrons. The van der Waals surface area contributed by atoms with Gasteiger partial charge in [-0.05, 0) is 25.3 Å². The van der Waals surface area contributed by atoms with Crippen LogP contribution in [-0.4, -0.2) is 35.4 Å². The van der Waals surface area contributed by atoms with Crippen LogP contribution >= 0.6 is 0 Å². The average Bonchev–Trinajstić information content (AvgIpc) is 3.00. The summed E-state index contributed by atoms with van der Waals surface area (Å²) < 4.78 is 33.7. The third kappa shape index (κ3) is 3.55. The van der Waals surface area contributed by atoms with Crippen LogP contribution in [0.2, 0.25) is 0 Å². The van der Waals surface area contributed by atoms with E-state index in [2.05, 4.69) is 4.98 Å². The lowest BCUT2D eigenvalue weighted by atomic mass is 10.0. The molecule has 0 aliphatic heterocycles. The molecular weight excluding hydrogens is 342 g/mol. The first kappa shape index (κ1) is 17.9. The van der Waals surface area contributed by atoms with Crippen molar-refractivity contribution in [2.45, 2.75) is 51.0 Å². The second-order valence-corrected chi connectivity index (χ2v) is 8.04. The highest BCUT2D eigenvalue weighted by Crippen LogP contribution is 2.22. The summed E-state index contributed by atoms with van der Waals surface area (Å²) in [5.41, 5.74) is 0.677. The highest BCUT2D eigenvalue weighted by Gasteiger charge is 2.23. The SMILES string of the molecule is CCN(CC)S(=O)(=O)c1ccc(=O)n(Cc2nc3c(o2)CCCC3)c1. The fourth-order valence-electron chi connectivity index (χ4n) is 3.12. The zero-order chi connectivity index (χ0) is 18.0. The Kier molecular flexibility index (Phi) is 5.10. The Balaban J connectivity index is 1.92. The van der Waals surface area contributed by atoms with E-state index < -0.39 is 10.0 Å². The van der Waals surface area contributed by atoms with Crippen LogP contribution in [-0.2, 0) is 29.4 Å². The van der Waals surface area contributed by atoms with Crippen LogP contribution in [0.4, 0.5) is 0 Å². The number of fused-ring (bicyclic) bond motifs is 1. The molecule has 2 aromatic heterocycles. The summed E-state index contributed by atoms with van der Waals surface area (Å²) in [6.45, 7) is 4.46. The van der Waals surface area contributed by atoms with Crippen LogP contribution in [0, 0.1) is 0 Å². The Morgan fingerprint density at radius 2 is 1.92 bits per heavy atom. The van der Waals surface area contributed by atoms with Crippen LogP contribution in [0.25, 0.3) is 0 Å². The van der Waals surface area contributed by atoms with Crippen molar-refractivity contribution in [3.63, 3.8) is 0 Å². The van der Waals surface area contributed by atoms with Crippen molar-refractivity contribution in [3.8, 4) is 0 Å². The minimum absolute atomic E-state index is 0.104. The van der Waals surface area contributed by atoms with E-state index in [1.165, 1.54) is 27.2 Å². The van der Waals surface area contributed by atoms with Crippen molar-refractivity contribution < 1.29 is 12.8 Å². The predicted molar refractivity (Wildman–Crippen MR) is 93.1 cm³/mol. The van der Waals surface area contributed by atoms with Gasteiger partial charge in [-0.25, -0.2) is 13.4 Å². The largest absolute Gasteiger partial charge is 0.443 e. The minimum atomic E-state index is -3.61. The van der Waals surface area contributed by atoms with E-state index in [0.717, 1.165) is 37.1 Å². The average molecular weight is 365 g/mol. The molecule has 0 unspecified atom stereocenters. The Bertz CT molecular complexity index is 887. The molecule has 0 N–H and O–H groups in total. The van der Waals surface area contributed by atoms with Crippen molar-refractivity contribution >= 4 is 10.0 Å². The highest BCUT2D eigenvalue weighted by atomic mass is 32.2. The van der Waals surface area contributed by atoms with Gasteiger partial charge in [0.25, 0.3) is 5.56 Å². The van der Waals surface area contributed by atoms with Gasteiger partial charge in [-0.15, -0.1) is 0 Å². The smallest absolute Gasteiger partial charge is 0.251 e. The van der Waals surface area contributed by atoms with E-state index in [-0.39, 0.29) is 17.0 Å². The maximum atomic E-state index is 12.6. The molecule has 0 atom stereocenters. The Labute approximate surface area is 147 Å². The van der Waals surface area contributed by atoms with E-state index >= 15 is 0 Å². The second-order valence-electron chi connectivity index (χ2n) is 6.10. The summed E-state index contributed by atoms with van der Waals surface area (Å²) in [7, 11) is -3.61. The molecular formula is C17H23N3O4S. The Hall–Kier alpha value is -1.93. The molecule has 0 spiro atoms. The van der Waals surface area contributed by atoms with Crippen molar-refractivity contribution in [1.82, 2.24) is 13.9 Å². The molecule has 1 aliphatic carbocycles. The molecule has 8 heteroatoms. The first-order valence-electron chi connectivity index (χ1n) is 8.63. The van der Waals surface area contributed by atoms with Gasteiger partial charge in [0.15, 0.2) is 0 Å². The predicted octanol–water partition coefficient (Wildman–Crippen LogP) is 1.79.